The van der Waals surface area contributed by atoms with Crippen LogP contribution in [0.25, 0.3) is 0 Å². The van der Waals surface area contributed by atoms with Gasteiger partial charge < -0.3 is 5.32 Å². The summed E-state index contributed by atoms with van der Waals surface area (Å²) in [6.07, 6.45) is 4.73. The summed E-state index contributed by atoms with van der Waals surface area (Å²) in [5.74, 6) is 0.450. The molecule has 1 aliphatic rings. The second-order valence-corrected chi connectivity index (χ2v) is 7.68. The smallest absolute Gasteiger partial charge is 0.258 e. The second kappa shape index (κ2) is 6.24. The molecule has 1 saturated carbocycles. The van der Waals surface area contributed by atoms with Gasteiger partial charge in [-0.15, -0.1) is 0 Å². The molecule has 1 fully saturated rings. The zero-order valence-electron chi connectivity index (χ0n) is 12.3. The van der Waals surface area contributed by atoms with E-state index in [0.717, 1.165) is 6.42 Å². The van der Waals surface area contributed by atoms with Gasteiger partial charge in [-0.05, 0) is 32.1 Å². The molecule has 1 aromatic rings. The minimum absolute atomic E-state index is 0.0902. The number of H-pyrrole nitrogens is 1. The lowest BCUT2D eigenvalue weighted by Gasteiger charge is -2.16. The van der Waals surface area contributed by atoms with E-state index in [0.29, 0.717) is 24.1 Å². The van der Waals surface area contributed by atoms with Crippen molar-refractivity contribution in [3.8, 4) is 0 Å². The second-order valence-electron chi connectivity index (χ2n) is 6.03. The van der Waals surface area contributed by atoms with E-state index >= 15 is 0 Å². The zero-order chi connectivity index (χ0) is 14.8. The minimum atomic E-state index is -3.53. The van der Waals surface area contributed by atoms with Gasteiger partial charge in [0.2, 0.25) is 0 Å². The SMILES string of the molecule is CC(C)CC(C)NS(=O)(=O)c1[nH]ncc1CNC1CC1. The highest BCUT2D eigenvalue weighted by molar-refractivity contribution is 7.89. The van der Waals surface area contributed by atoms with Crippen molar-refractivity contribution in [3.63, 3.8) is 0 Å². The lowest BCUT2D eigenvalue weighted by molar-refractivity contribution is 0.481. The minimum Gasteiger partial charge on any atom is -0.310 e. The topological polar surface area (TPSA) is 86.9 Å². The Kier molecular flexibility index (Phi) is 4.82. The van der Waals surface area contributed by atoms with Crippen molar-refractivity contribution >= 4 is 10.0 Å². The first kappa shape index (κ1) is 15.5. The normalized spacial score (nSPS) is 17.6. The van der Waals surface area contributed by atoms with Crippen LogP contribution in [-0.2, 0) is 16.6 Å². The number of nitrogens with zero attached hydrogens (tertiary/aromatic N) is 1. The van der Waals surface area contributed by atoms with Gasteiger partial charge in [0.05, 0.1) is 6.20 Å². The van der Waals surface area contributed by atoms with Gasteiger partial charge in [0.15, 0.2) is 5.03 Å². The fraction of sp³-hybridized carbons (Fsp3) is 0.769. The monoisotopic (exact) mass is 300 g/mol. The Labute approximate surface area is 120 Å². The van der Waals surface area contributed by atoms with E-state index in [9.17, 15) is 8.42 Å². The summed E-state index contributed by atoms with van der Waals surface area (Å²) >= 11 is 0. The van der Waals surface area contributed by atoms with Crippen LogP contribution < -0.4 is 10.0 Å². The number of rotatable bonds is 8. The molecule has 2 rings (SSSR count). The molecule has 1 aliphatic carbocycles. The van der Waals surface area contributed by atoms with Crippen molar-refractivity contribution in [1.82, 2.24) is 20.2 Å². The van der Waals surface area contributed by atoms with Crippen molar-refractivity contribution in [3.05, 3.63) is 11.8 Å². The molecule has 0 saturated heterocycles. The molecule has 0 amide bonds. The van der Waals surface area contributed by atoms with Crippen LogP contribution in [0.3, 0.4) is 0 Å². The van der Waals surface area contributed by atoms with Gasteiger partial charge >= 0.3 is 0 Å². The van der Waals surface area contributed by atoms with Crippen LogP contribution in [0.2, 0.25) is 0 Å². The Morgan fingerprint density at radius 3 is 2.70 bits per heavy atom. The van der Waals surface area contributed by atoms with Gasteiger partial charge in [0.25, 0.3) is 10.0 Å². The third-order valence-electron chi connectivity index (χ3n) is 3.29. The molecule has 1 aromatic heterocycles. The van der Waals surface area contributed by atoms with Crippen molar-refractivity contribution in [1.29, 1.82) is 0 Å². The number of nitrogens with one attached hydrogen (secondary N) is 3. The van der Waals surface area contributed by atoms with Crippen LogP contribution in [0, 0.1) is 5.92 Å². The first-order chi connectivity index (χ1) is 9.38. The molecule has 0 spiro atoms. The van der Waals surface area contributed by atoms with Crippen molar-refractivity contribution in [2.45, 2.75) is 63.7 Å². The molecule has 1 unspecified atom stereocenters. The Morgan fingerprint density at radius 1 is 1.40 bits per heavy atom. The van der Waals surface area contributed by atoms with Gasteiger partial charge in [0, 0.05) is 24.2 Å². The van der Waals surface area contributed by atoms with E-state index in [4.69, 9.17) is 0 Å². The van der Waals surface area contributed by atoms with Crippen LogP contribution in [0.15, 0.2) is 11.2 Å². The number of hydrogen-bond donors (Lipinski definition) is 3. The molecule has 7 heteroatoms. The van der Waals surface area contributed by atoms with Crippen LogP contribution in [0.5, 0.6) is 0 Å². The van der Waals surface area contributed by atoms with E-state index in [1.807, 2.05) is 6.92 Å². The van der Waals surface area contributed by atoms with Crippen LogP contribution >= 0.6 is 0 Å². The third kappa shape index (κ3) is 4.29. The maximum absolute atomic E-state index is 12.4. The molecule has 1 heterocycles. The van der Waals surface area contributed by atoms with Gasteiger partial charge in [-0.3, -0.25) is 5.10 Å². The van der Waals surface area contributed by atoms with Crippen LogP contribution in [0.4, 0.5) is 0 Å². The summed E-state index contributed by atoms with van der Waals surface area (Å²) in [7, 11) is -3.53. The van der Waals surface area contributed by atoms with Gasteiger partial charge in [0.1, 0.15) is 0 Å². The van der Waals surface area contributed by atoms with Gasteiger partial charge in [-0.25, -0.2) is 13.1 Å². The van der Waals surface area contributed by atoms with E-state index < -0.39 is 10.0 Å². The molecule has 0 aromatic carbocycles. The highest BCUT2D eigenvalue weighted by Crippen LogP contribution is 2.20. The molecule has 0 bridgehead atoms. The molecule has 0 aliphatic heterocycles. The molecule has 1 atom stereocenters. The van der Waals surface area contributed by atoms with E-state index in [1.165, 1.54) is 12.8 Å². The largest absolute Gasteiger partial charge is 0.310 e. The summed E-state index contributed by atoms with van der Waals surface area (Å²) in [6.45, 7) is 6.57. The van der Waals surface area contributed by atoms with E-state index in [2.05, 4.69) is 34.1 Å². The number of aromatic amines is 1. The summed E-state index contributed by atoms with van der Waals surface area (Å²) in [4.78, 5) is 0. The standard InChI is InChI=1S/C13H24N4O2S/c1-9(2)6-10(3)17-20(18,19)13-11(8-15-16-13)7-14-12-4-5-12/h8-10,12,14,17H,4-7H2,1-3H3,(H,15,16). The highest BCUT2D eigenvalue weighted by atomic mass is 32.2. The maximum Gasteiger partial charge on any atom is 0.258 e. The van der Waals surface area contributed by atoms with Crippen molar-refractivity contribution < 1.29 is 8.42 Å². The Bertz CT molecular complexity index is 534. The highest BCUT2D eigenvalue weighted by Gasteiger charge is 2.25. The molecular weight excluding hydrogens is 276 g/mol. The molecule has 0 radical (unpaired) electrons. The van der Waals surface area contributed by atoms with E-state index in [-0.39, 0.29) is 11.1 Å². The number of sulfonamides is 1. The first-order valence-corrected chi connectivity index (χ1v) is 8.64. The summed E-state index contributed by atoms with van der Waals surface area (Å²) < 4.78 is 27.4. The predicted molar refractivity (Wildman–Crippen MR) is 77.7 cm³/mol. The molecule has 6 nitrogen and oxygen atoms in total. The molecule has 20 heavy (non-hydrogen) atoms. The predicted octanol–water partition coefficient (Wildman–Crippen LogP) is 1.37. The lowest BCUT2D eigenvalue weighted by atomic mass is 10.1. The van der Waals surface area contributed by atoms with Crippen LogP contribution in [-0.4, -0.2) is 30.7 Å². The number of hydrogen-bond acceptors (Lipinski definition) is 4. The first-order valence-electron chi connectivity index (χ1n) is 7.16. The molecule has 114 valence electrons. The van der Waals surface area contributed by atoms with Crippen molar-refractivity contribution in [2.75, 3.05) is 0 Å². The van der Waals surface area contributed by atoms with E-state index in [1.54, 1.807) is 6.20 Å². The van der Waals surface area contributed by atoms with Gasteiger partial charge in [-0.1, -0.05) is 13.8 Å². The Morgan fingerprint density at radius 2 is 2.10 bits per heavy atom. The lowest BCUT2D eigenvalue weighted by Crippen LogP contribution is -2.34. The average Bonchev–Trinajstić information content (AvgIpc) is 3.00. The van der Waals surface area contributed by atoms with Crippen LogP contribution in [0.1, 0.15) is 45.6 Å². The quantitative estimate of drug-likeness (QED) is 0.677. The zero-order valence-corrected chi connectivity index (χ0v) is 13.1. The molecule has 3 N–H and O–H groups in total. The summed E-state index contributed by atoms with van der Waals surface area (Å²) in [5.41, 5.74) is 0.696. The summed E-state index contributed by atoms with van der Waals surface area (Å²) in [6, 6.07) is 0.445. The third-order valence-corrected chi connectivity index (χ3v) is 4.89. The Balaban J connectivity index is 2.02. The Hall–Kier alpha value is -0.920. The maximum atomic E-state index is 12.4. The summed E-state index contributed by atoms with van der Waals surface area (Å²) in [5, 5.41) is 9.97. The van der Waals surface area contributed by atoms with Gasteiger partial charge in [-0.2, -0.15) is 5.10 Å². The number of aromatic nitrogens is 2. The average molecular weight is 300 g/mol. The molecular formula is C13H24N4O2S. The fourth-order valence-electron chi connectivity index (χ4n) is 2.28. The van der Waals surface area contributed by atoms with Crippen molar-refractivity contribution in [2.24, 2.45) is 5.92 Å². The fourth-order valence-corrected chi connectivity index (χ4v) is 3.67.